The van der Waals surface area contributed by atoms with Crippen LogP contribution in [-0.4, -0.2) is 55.1 Å². The predicted octanol–water partition coefficient (Wildman–Crippen LogP) is 1.23. The van der Waals surface area contributed by atoms with Crippen molar-refractivity contribution in [3.05, 3.63) is 45.6 Å². The van der Waals surface area contributed by atoms with Crippen molar-refractivity contribution >= 4 is 33.3 Å². The summed E-state index contributed by atoms with van der Waals surface area (Å²) >= 11 is 0.885. The number of benzene rings is 1. The Hall–Kier alpha value is -2.47. The van der Waals surface area contributed by atoms with E-state index in [0.29, 0.717) is 11.3 Å². The third-order valence-electron chi connectivity index (χ3n) is 4.35. The first-order valence-corrected chi connectivity index (χ1v) is 10.2. The fraction of sp³-hybridized carbons (Fsp3) is 0.294. The molecule has 2 N–H and O–H groups in total. The van der Waals surface area contributed by atoms with Gasteiger partial charge < -0.3 is 19.7 Å². The molecule has 9 nitrogen and oxygen atoms in total. The van der Waals surface area contributed by atoms with E-state index in [2.05, 4.69) is 4.74 Å². The van der Waals surface area contributed by atoms with Gasteiger partial charge in [-0.15, -0.1) is 11.3 Å². The van der Waals surface area contributed by atoms with E-state index < -0.39 is 34.1 Å². The molecular weight excluding hydrogens is 410 g/mol. The fourth-order valence-corrected chi connectivity index (χ4v) is 5.63. The normalized spacial score (nSPS) is 19.7. The maximum absolute atomic E-state index is 13.1. The van der Waals surface area contributed by atoms with Crippen molar-refractivity contribution in [1.29, 1.82) is 0 Å². The number of esters is 1. The number of carboxylic acids is 1. The zero-order chi connectivity index (χ0) is 20.6. The summed E-state index contributed by atoms with van der Waals surface area (Å²) < 4.78 is 36.5. The Kier molecular flexibility index (Phi) is 5.44. The summed E-state index contributed by atoms with van der Waals surface area (Å²) in [6, 6.07) is 5.14. The van der Waals surface area contributed by atoms with Crippen LogP contribution in [0.1, 0.15) is 26.2 Å². The molecule has 0 fully saturated rings. The summed E-state index contributed by atoms with van der Waals surface area (Å²) in [5, 5.41) is 20.2. The van der Waals surface area contributed by atoms with Crippen LogP contribution in [-0.2, 0) is 26.1 Å². The molecule has 0 saturated carbocycles. The van der Waals surface area contributed by atoms with Gasteiger partial charge in [0.15, 0.2) is 6.04 Å². The molecule has 150 valence electrons. The zero-order valence-electron chi connectivity index (χ0n) is 14.9. The molecule has 0 saturated heterocycles. The van der Waals surface area contributed by atoms with Crippen LogP contribution in [0, 0.1) is 0 Å². The Morgan fingerprint density at radius 1 is 1.21 bits per heavy atom. The first kappa shape index (κ1) is 20.3. The van der Waals surface area contributed by atoms with Crippen LogP contribution in [0.4, 0.5) is 0 Å². The van der Waals surface area contributed by atoms with Gasteiger partial charge in [-0.25, -0.2) is 13.2 Å². The first-order valence-electron chi connectivity index (χ1n) is 7.98. The van der Waals surface area contributed by atoms with Gasteiger partial charge in [-0.3, -0.25) is 4.79 Å². The number of carbonyl (C=O) groups is 2. The minimum absolute atomic E-state index is 0.140. The Labute approximate surface area is 164 Å². The second-order valence-corrected chi connectivity index (χ2v) is 8.92. The largest absolute Gasteiger partial charge is 0.497 e. The van der Waals surface area contributed by atoms with E-state index in [1.165, 1.54) is 44.6 Å². The summed E-state index contributed by atoms with van der Waals surface area (Å²) in [6.45, 7) is -0.300. The molecule has 0 spiro atoms. The number of thiophene rings is 1. The van der Waals surface area contributed by atoms with Gasteiger partial charge in [0, 0.05) is 11.4 Å². The number of methoxy groups -OCH3 is 2. The van der Waals surface area contributed by atoms with Crippen molar-refractivity contribution in [1.82, 2.24) is 4.31 Å². The number of ether oxygens (including phenoxy) is 2. The maximum Gasteiger partial charge on any atom is 0.348 e. The standard InChI is InChI=1S/C17H17NO8S2/c1-25-10-3-5-11(6-4-10)28(23,24)18-8-9-7-12(17(22)26-2)27-15(9)14(19)13(18)16(20)21/h3-7,13-14,19H,8H2,1-2H3,(H,20,21). The minimum atomic E-state index is -4.25. The van der Waals surface area contributed by atoms with Crippen LogP contribution in [0.5, 0.6) is 5.75 Å². The molecular formula is C17H17NO8S2. The van der Waals surface area contributed by atoms with Gasteiger partial charge >= 0.3 is 11.9 Å². The van der Waals surface area contributed by atoms with Crippen LogP contribution in [0.15, 0.2) is 35.2 Å². The fourth-order valence-electron chi connectivity index (χ4n) is 2.96. The van der Waals surface area contributed by atoms with Crippen molar-refractivity contribution in [2.45, 2.75) is 23.6 Å². The Bertz CT molecular complexity index is 1010. The number of hydrogen-bond donors (Lipinski definition) is 2. The lowest BCUT2D eigenvalue weighted by molar-refractivity contribution is -0.146. The summed E-state index contributed by atoms with van der Waals surface area (Å²) in [6.07, 6.45) is -1.63. The van der Waals surface area contributed by atoms with Gasteiger partial charge in [0.1, 0.15) is 16.7 Å². The van der Waals surface area contributed by atoms with E-state index in [1.54, 1.807) is 0 Å². The molecule has 2 unspecified atom stereocenters. The third kappa shape index (κ3) is 3.37. The molecule has 0 aliphatic carbocycles. The highest BCUT2D eigenvalue weighted by atomic mass is 32.2. The Morgan fingerprint density at radius 3 is 2.39 bits per heavy atom. The number of hydrogen-bond acceptors (Lipinski definition) is 8. The van der Waals surface area contributed by atoms with Crippen LogP contribution in [0.3, 0.4) is 0 Å². The molecule has 2 heterocycles. The zero-order valence-corrected chi connectivity index (χ0v) is 16.5. The van der Waals surface area contributed by atoms with Crippen LogP contribution in [0.2, 0.25) is 0 Å². The lowest BCUT2D eigenvalue weighted by Crippen LogP contribution is -2.50. The lowest BCUT2D eigenvalue weighted by Gasteiger charge is -2.35. The van der Waals surface area contributed by atoms with Crippen molar-refractivity contribution in [2.24, 2.45) is 0 Å². The molecule has 11 heteroatoms. The topological polar surface area (TPSA) is 130 Å². The van der Waals surface area contributed by atoms with Gasteiger partial charge in [0.25, 0.3) is 0 Å². The van der Waals surface area contributed by atoms with E-state index in [-0.39, 0.29) is 21.2 Å². The van der Waals surface area contributed by atoms with Crippen LogP contribution >= 0.6 is 11.3 Å². The third-order valence-corrected chi connectivity index (χ3v) is 7.42. The van der Waals surface area contributed by atoms with Crippen molar-refractivity contribution in [3.8, 4) is 5.75 Å². The SMILES string of the molecule is COC(=O)c1cc2c(s1)C(O)C(C(=O)O)N(S(=O)(=O)c1ccc(OC)cc1)C2. The first-order chi connectivity index (χ1) is 13.2. The summed E-state index contributed by atoms with van der Waals surface area (Å²) in [5.74, 6) is -1.71. The van der Waals surface area contributed by atoms with Crippen LogP contribution < -0.4 is 4.74 Å². The highest BCUT2D eigenvalue weighted by molar-refractivity contribution is 7.89. The molecule has 3 rings (SSSR count). The summed E-state index contributed by atoms with van der Waals surface area (Å²) in [4.78, 5) is 23.8. The highest BCUT2D eigenvalue weighted by Gasteiger charge is 2.46. The smallest absolute Gasteiger partial charge is 0.348 e. The van der Waals surface area contributed by atoms with E-state index in [0.717, 1.165) is 15.6 Å². The molecule has 0 amide bonds. The molecule has 1 aromatic heterocycles. The molecule has 1 aromatic carbocycles. The van der Waals surface area contributed by atoms with Crippen molar-refractivity contribution in [2.75, 3.05) is 14.2 Å². The van der Waals surface area contributed by atoms with E-state index in [1.807, 2.05) is 0 Å². The number of fused-ring (bicyclic) bond motifs is 1. The number of aliphatic carboxylic acids is 1. The second-order valence-electron chi connectivity index (χ2n) is 5.95. The monoisotopic (exact) mass is 427 g/mol. The van der Waals surface area contributed by atoms with Gasteiger partial charge in [-0.2, -0.15) is 4.31 Å². The van der Waals surface area contributed by atoms with Gasteiger partial charge in [0.05, 0.1) is 19.1 Å². The molecule has 0 radical (unpaired) electrons. The van der Waals surface area contributed by atoms with Crippen molar-refractivity contribution < 1.29 is 37.7 Å². The number of carboxylic acid groups (broad SMARTS) is 1. The number of carbonyl (C=O) groups excluding carboxylic acids is 1. The maximum atomic E-state index is 13.1. The van der Waals surface area contributed by atoms with Crippen LogP contribution in [0.25, 0.3) is 0 Å². The number of nitrogens with zero attached hydrogens (tertiary/aromatic N) is 1. The molecule has 1 aliphatic rings. The van der Waals surface area contributed by atoms with Gasteiger partial charge in [-0.1, -0.05) is 0 Å². The molecule has 0 bridgehead atoms. The summed E-state index contributed by atoms with van der Waals surface area (Å²) in [5.41, 5.74) is 0.354. The number of aliphatic hydroxyl groups is 1. The lowest BCUT2D eigenvalue weighted by atomic mass is 10.0. The Balaban J connectivity index is 2.07. The molecule has 2 aromatic rings. The minimum Gasteiger partial charge on any atom is -0.497 e. The predicted molar refractivity (Wildman–Crippen MR) is 97.8 cm³/mol. The second kappa shape index (κ2) is 7.51. The molecule has 2 atom stereocenters. The summed E-state index contributed by atoms with van der Waals surface area (Å²) in [7, 11) is -1.62. The average Bonchev–Trinajstić information content (AvgIpc) is 3.11. The van der Waals surface area contributed by atoms with E-state index in [4.69, 9.17) is 4.74 Å². The molecule has 28 heavy (non-hydrogen) atoms. The highest BCUT2D eigenvalue weighted by Crippen LogP contribution is 2.40. The number of rotatable bonds is 5. The average molecular weight is 427 g/mol. The number of aliphatic hydroxyl groups excluding tert-OH is 1. The van der Waals surface area contributed by atoms with Crippen molar-refractivity contribution in [3.63, 3.8) is 0 Å². The van der Waals surface area contributed by atoms with Gasteiger partial charge in [0.2, 0.25) is 10.0 Å². The number of sulfonamides is 1. The van der Waals surface area contributed by atoms with Gasteiger partial charge in [-0.05, 0) is 35.9 Å². The van der Waals surface area contributed by atoms with E-state index in [9.17, 15) is 28.2 Å². The van der Waals surface area contributed by atoms with E-state index >= 15 is 0 Å². The quantitative estimate of drug-likeness (QED) is 0.682. The Morgan fingerprint density at radius 2 is 1.86 bits per heavy atom. The molecule has 1 aliphatic heterocycles.